The maximum absolute atomic E-state index is 12.9. The van der Waals surface area contributed by atoms with E-state index in [-0.39, 0.29) is 47.8 Å². The molecule has 0 spiro atoms. The molecule has 0 aliphatic carbocycles. The zero-order valence-corrected chi connectivity index (χ0v) is 17.0. The van der Waals surface area contributed by atoms with Crippen molar-refractivity contribution in [3.05, 3.63) is 81.1 Å². The van der Waals surface area contributed by atoms with Gasteiger partial charge in [0.1, 0.15) is 10.8 Å². The van der Waals surface area contributed by atoms with Gasteiger partial charge in [-0.05, 0) is 29.8 Å². The fourth-order valence-electron chi connectivity index (χ4n) is 2.65. The van der Waals surface area contributed by atoms with Crippen molar-refractivity contribution in [3.63, 3.8) is 0 Å². The first kappa shape index (κ1) is 23.2. The molecule has 2 N–H and O–H groups in total. The van der Waals surface area contributed by atoms with Gasteiger partial charge in [0.15, 0.2) is 5.82 Å². The maximum Gasteiger partial charge on any atom is 0.417 e. The summed E-state index contributed by atoms with van der Waals surface area (Å²) in [4.78, 5) is 27.9. The predicted molar refractivity (Wildman–Crippen MR) is 109 cm³/mol. The van der Waals surface area contributed by atoms with Crippen molar-refractivity contribution < 1.29 is 22.4 Å². The van der Waals surface area contributed by atoms with Gasteiger partial charge >= 0.3 is 6.18 Å². The molecule has 12 heteroatoms. The molecule has 0 saturated carbocycles. The van der Waals surface area contributed by atoms with E-state index in [4.69, 9.17) is 11.6 Å². The lowest BCUT2D eigenvalue weighted by atomic mass is 10.1. The SMILES string of the molecule is O=C(Cc1ccc(F)cc1)NCCNc1cnn(-c2ccc(C(F)(F)F)cn2)c(=O)c1Cl. The molecule has 0 aliphatic heterocycles. The Kier molecular flexibility index (Phi) is 7.08. The van der Waals surface area contributed by atoms with Crippen molar-refractivity contribution in [2.24, 2.45) is 0 Å². The van der Waals surface area contributed by atoms with Crippen LogP contribution in [0.15, 0.2) is 53.6 Å². The van der Waals surface area contributed by atoms with Gasteiger partial charge in [-0.15, -0.1) is 0 Å². The number of amides is 1. The highest BCUT2D eigenvalue weighted by Crippen LogP contribution is 2.28. The highest BCUT2D eigenvalue weighted by atomic mass is 35.5. The van der Waals surface area contributed by atoms with Crippen LogP contribution >= 0.6 is 11.6 Å². The number of alkyl halides is 3. The van der Waals surface area contributed by atoms with Crippen LogP contribution < -0.4 is 16.2 Å². The second-order valence-electron chi connectivity index (χ2n) is 6.57. The lowest BCUT2D eigenvalue weighted by Gasteiger charge is -2.11. The number of halogens is 5. The van der Waals surface area contributed by atoms with Gasteiger partial charge < -0.3 is 10.6 Å². The van der Waals surface area contributed by atoms with Crippen LogP contribution in [0.25, 0.3) is 5.82 Å². The molecule has 3 aromatic rings. The van der Waals surface area contributed by atoms with E-state index in [9.17, 15) is 27.2 Å². The molecule has 3 rings (SSSR count). The molecule has 1 aromatic carbocycles. The van der Waals surface area contributed by atoms with E-state index in [0.717, 1.165) is 16.8 Å². The van der Waals surface area contributed by atoms with Gasteiger partial charge in [0.05, 0.1) is 23.9 Å². The van der Waals surface area contributed by atoms with E-state index in [2.05, 4.69) is 20.7 Å². The van der Waals surface area contributed by atoms with E-state index in [1.54, 1.807) is 0 Å². The van der Waals surface area contributed by atoms with Gasteiger partial charge in [-0.1, -0.05) is 23.7 Å². The number of aromatic nitrogens is 3. The minimum Gasteiger partial charge on any atom is -0.381 e. The third-order valence-electron chi connectivity index (χ3n) is 4.25. The predicted octanol–water partition coefficient (Wildman–Crippen LogP) is 3.21. The van der Waals surface area contributed by atoms with Crippen LogP contribution in [0.2, 0.25) is 5.02 Å². The number of carbonyl (C=O) groups excluding carboxylic acids is 1. The highest BCUT2D eigenvalue weighted by Gasteiger charge is 2.30. The molecule has 0 unspecified atom stereocenters. The lowest BCUT2D eigenvalue weighted by Crippen LogP contribution is -2.30. The molecule has 0 fully saturated rings. The Bertz CT molecular complexity index is 1150. The summed E-state index contributed by atoms with van der Waals surface area (Å²) in [6, 6.07) is 7.35. The van der Waals surface area contributed by atoms with Crippen molar-refractivity contribution in [3.8, 4) is 5.82 Å². The topological polar surface area (TPSA) is 88.9 Å². The molecule has 2 aromatic heterocycles. The monoisotopic (exact) mass is 469 g/mol. The van der Waals surface area contributed by atoms with Gasteiger partial charge in [0, 0.05) is 19.3 Å². The van der Waals surface area contributed by atoms with Crippen LogP contribution in [0.5, 0.6) is 0 Å². The van der Waals surface area contributed by atoms with Crippen molar-refractivity contribution >= 4 is 23.2 Å². The molecule has 1 amide bonds. The molecular weight excluding hydrogens is 454 g/mol. The summed E-state index contributed by atoms with van der Waals surface area (Å²) in [7, 11) is 0. The number of carbonyl (C=O) groups is 1. The normalized spacial score (nSPS) is 11.3. The molecule has 32 heavy (non-hydrogen) atoms. The van der Waals surface area contributed by atoms with Gasteiger partial charge in [0.2, 0.25) is 5.91 Å². The van der Waals surface area contributed by atoms with Crippen molar-refractivity contribution in [2.45, 2.75) is 12.6 Å². The average molecular weight is 470 g/mol. The van der Waals surface area contributed by atoms with E-state index in [1.165, 1.54) is 30.5 Å². The highest BCUT2D eigenvalue weighted by molar-refractivity contribution is 6.32. The molecule has 0 bridgehead atoms. The van der Waals surface area contributed by atoms with Gasteiger partial charge in [-0.2, -0.15) is 23.0 Å². The smallest absolute Gasteiger partial charge is 0.381 e. The van der Waals surface area contributed by atoms with E-state index in [1.807, 2.05) is 0 Å². The van der Waals surface area contributed by atoms with Crippen molar-refractivity contribution in [1.82, 2.24) is 20.1 Å². The molecule has 0 aliphatic rings. The number of benzene rings is 1. The summed E-state index contributed by atoms with van der Waals surface area (Å²) < 4.78 is 51.6. The molecule has 7 nitrogen and oxygen atoms in total. The summed E-state index contributed by atoms with van der Waals surface area (Å²) >= 11 is 6.05. The molecular formula is C20H16ClF4N5O2. The van der Waals surface area contributed by atoms with E-state index < -0.39 is 17.3 Å². The van der Waals surface area contributed by atoms with Crippen LogP contribution in [0.1, 0.15) is 11.1 Å². The zero-order valence-electron chi connectivity index (χ0n) is 16.3. The Labute approximate surface area is 184 Å². The molecule has 0 saturated heterocycles. The second kappa shape index (κ2) is 9.77. The zero-order chi connectivity index (χ0) is 23.3. The summed E-state index contributed by atoms with van der Waals surface area (Å²) in [5.41, 5.74) is -0.887. The Morgan fingerprint density at radius 2 is 1.78 bits per heavy atom. The van der Waals surface area contributed by atoms with Crippen LogP contribution in [0, 0.1) is 5.82 Å². The largest absolute Gasteiger partial charge is 0.417 e. The third-order valence-corrected chi connectivity index (χ3v) is 4.62. The van der Waals surface area contributed by atoms with Crippen LogP contribution in [-0.2, 0) is 17.4 Å². The summed E-state index contributed by atoms with van der Waals surface area (Å²) in [5, 5.41) is 9.14. The van der Waals surface area contributed by atoms with E-state index >= 15 is 0 Å². The Morgan fingerprint density at radius 1 is 1.06 bits per heavy atom. The average Bonchev–Trinajstić information content (AvgIpc) is 2.75. The Hall–Kier alpha value is -3.47. The number of hydrogen-bond donors (Lipinski definition) is 2. The minimum absolute atomic E-state index is 0.0821. The van der Waals surface area contributed by atoms with Gasteiger partial charge in [0.25, 0.3) is 5.56 Å². The lowest BCUT2D eigenvalue weighted by molar-refractivity contribution is -0.137. The number of rotatable bonds is 7. The van der Waals surface area contributed by atoms with Gasteiger partial charge in [-0.25, -0.2) is 9.37 Å². The van der Waals surface area contributed by atoms with Crippen LogP contribution in [-0.4, -0.2) is 33.8 Å². The Balaban J connectivity index is 1.56. The van der Waals surface area contributed by atoms with Crippen LogP contribution in [0.4, 0.5) is 23.2 Å². The fourth-order valence-corrected chi connectivity index (χ4v) is 2.84. The van der Waals surface area contributed by atoms with E-state index in [0.29, 0.717) is 11.8 Å². The number of nitrogens with one attached hydrogen (secondary N) is 2. The third kappa shape index (κ3) is 5.82. The van der Waals surface area contributed by atoms with Crippen molar-refractivity contribution in [2.75, 3.05) is 18.4 Å². The maximum atomic E-state index is 12.9. The number of anilines is 1. The first-order valence-electron chi connectivity index (χ1n) is 9.21. The first-order chi connectivity index (χ1) is 15.1. The summed E-state index contributed by atoms with van der Waals surface area (Å²) in [5.74, 6) is -0.782. The number of nitrogens with zero attached hydrogens (tertiary/aromatic N) is 3. The molecule has 0 atom stereocenters. The summed E-state index contributed by atoms with van der Waals surface area (Å²) in [6.45, 7) is 0.429. The minimum atomic E-state index is -4.55. The number of hydrogen-bond acceptors (Lipinski definition) is 5. The molecule has 168 valence electrons. The Morgan fingerprint density at radius 3 is 2.41 bits per heavy atom. The molecule has 0 radical (unpaired) electrons. The first-order valence-corrected chi connectivity index (χ1v) is 9.59. The second-order valence-corrected chi connectivity index (χ2v) is 6.95. The standard InChI is InChI=1S/C20H16ClF4N5O2/c21-18-15(26-7-8-27-17(31)9-12-1-4-14(22)5-2-12)11-29-30(19(18)32)16-6-3-13(10-28-16)20(23,24)25/h1-6,10-11,26H,7-9H2,(H,27,31). The quantitative estimate of drug-likeness (QED) is 0.410. The fraction of sp³-hybridized carbons (Fsp3) is 0.200. The van der Waals surface area contributed by atoms with Crippen LogP contribution in [0.3, 0.4) is 0 Å². The summed E-state index contributed by atoms with van der Waals surface area (Å²) in [6.07, 6.45) is -2.65. The van der Waals surface area contributed by atoms with Crippen molar-refractivity contribution in [1.29, 1.82) is 0 Å². The number of pyridine rings is 1. The van der Waals surface area contributed by atoms with Gasteiger partial charge in [-0.3, -0.25) is 9.59 Å². The molecule has 2 heterocycles.